The predicted molar refractivity (Wildman–Crippen MR) is 86.4 cm³/mol. The number of amides is 1. The third-order valence-electron chi connectivity index (χ3n) is 4.46. The van der Waals surface area contributed by atoms with Gasteiger partial charge in [0.15, 0.2) is 0 Å². The lowest BCUT2D eigenvalue weighted by atomic mass is 10.1. The van der Waals surface area contributed by atoms with E-state index in [-0.39, 0.29) is 11.9 Å². The molecule has 3 rings (SSSR count). The van der Waals surface area contributed by atoms with Gasteiger partial charge in [-0.2, -0.15) is 0 Å². The molecule has 6 heteroatoms. The van der Waals surface area contributed by atoms with Crippen molar-refractivity contribution in [2.45, 2.75) is 31.9 Å². The van der Waals surface area contributed by atoms with Crippen molar-refractivity contribution < 1.29 is 14.6 Å². The van der Waals surface area contributed by atoms with Crippen LogP contribution in [0.15, 0.2) is 11.4 Å². The molecule has 1 amide bonds. The maximum Gasteiger partial charge on any atom is 0.254 e. The van der Waals surface area contributed by atoms with Gasteiger partial charge in [0.1, 0.15) is 0 Å². The molecule has 0 saturated carbocycles. The number of aliphatic hydroxyl groups is 1. The molecule has 122 valence electrons. The molecular weight excluding hydrogens is 300 g/mol. The van der Waals surface area contributed by atoms with Crippen molar-refractivity contribution in [3.8, 4) is 0 Å². The fraction of sp³-hybridized carbons (Fsp3) is 0.688. The average molecular weight is 324 g/mol. The molecule has 2 saturated heterocycles. The van der Waals surface area contributed by atoms with Crippen LogP contribution >= 0.6 is 11.3 Å². The summed E-state index contributed by atoms with van der Waals surface area (Å²) in [4.78, 5) is 17.9. The largest absolute Gasteiger partial charge is 0.390 e. The van der Waals surface area contributed by atoms with Crippen molar-refractivity contribution in [1.29, 1.82) is 0 Å². The van der Waals surface area contributed by atoms with Crippen LogP contribution in [-0.2, 0) is 11.2 Å². The monoisotopic (exact) mass is 324 g/mol. The van der Waals surface area contributed by atoms with E-state index in [0.717, 1.165) is 31.5 Å². The van der Waals surface area contributed by atoms with Gasteiger partial charge in [0.05, 0.1) is 30.9 Å². The fourth-order valence-electron chi connectivity index (χ4n) is 3.26. The van der Waals surface area contributed by atoms with E-state index in [0.29, 0.717) is 26.3 Å². The van der Waals surface area contributed by atoms with Crippen LogP contribution in [0.3, 0.4) is 0 Å². The van der Waals surface area contributed by atoms with E-state index in [1.165, 1.54) is 4.88 Å². The minimum atomic E-state index is -0.462. The highest BCUT2D eigenvalue weighted by Gasteiger charge is 2.38. The zero-order chi connectivity index (χ0) is 15.5. The summed E-state index contributed by atoms with van der Waals surface area (Å²) < 4.78 is 5.36. The van der Waals surface area contributed by atoms with Gasteiger partial charge in [-0.3, -0.25) is 9.69 Å². The molecule has 0 unspecified atom stereocenters. The van der Waals surface area contributed by atoms with Gasteiger partial charge in [0.2, 0.25) is 0 Å². The third-order valence-corrected chi connectivity index (χ3v) is 5.45. The van der Waals surface area contributed by atoms with Crippen molar-refractivity contribution in [3.05, 3.63) is 21.9 Å². The molecule has 2 aliphatic heterocycles. The van der Waals surface area contributed by atoms with Crippen LogP contribution in [0.25, 0.3) is 0 Å². The van der Waals surface area contributed by atoms with E-state index in [1.807, 2.05) is 11.4 Å². The molecule has 0 radical (unpaired) electrons. The molecule has 5 nitrogen and oxygen atoms in total. The summed E-state index contributed by atoms with van der Waals surface area (Å²) in [6, 6.07) is 2.05. The van der Waals surface area contributed by atoms with E-state index < -0.39 is 6.10 Å². The van der Waals surface area contributed by atoms with Gasteiger partial charge in [-0.25, -0.2) is 0 Å². The van der Waals surface area contributed by atoms with Crippen molar-refractivity contribution >= 4 is 17.2 Å². The first-order chi connectivity index (χ1) is 10.7. The van der Waals surface area contributed by atoms with Gasteiger partial charge >= 0.3 is 0 Å². The van der Waals surface area contributed by atoms with Crippen molar-refractivity contribution in [3.63, 3.8) is 0 Å². The minimum absolute atomic E-state index is 0.0431. The number of β-amino-alcohol motifs (C(OH)–C–C–N with tert-alkyl or cyclic N) is 1. The fourth-order valence-corrected chi connectivity index (χ4v) is 4.22. The number of carbonyl (C=O) groups excluding carboxylic acids is 1. The standard InChI is InChI=1S/C16H24N2O3S/c1-2-3-13-8-12(11-22-13)16(20)18-9-14(15(19)10-18)17-4-6-21-7-5-17/h8,11,14-15,19H,2-7,9-10H2,1H3/t14-,15-/m0/s1. The number of thiophene rings is 1. The topological polar surface area (TPSA) is 53.0 Å². The highest BCUT2D eigenvalue weighted by atomic mass is 32.1. The number of ether oxygens (including phenoxy) is 1. The number of carbonyl (C=O) groups is 1. The molecule has 22 heavy (non-hydrogen) atoms. The molecular formula is C16H24N2O3S. The molecule has 0 bridgehead atoms. The zero-order valence-corrected chi connectivity index (χ0v) is 13.8. The van der Waals surface area contributed by atoms with Gasteiger partial charge in [0.25, 0.3) is 5.91 Å². The van der Waals surface area contributed by atoms with E-state index in [1.54, 1.807) is 16.2 Å². The summed E-state index contributed by atoms with van der Waals surface area (Å²) in [5, 5.41) is 12.3. The van der Waals surface area contributed by atoms with Gasteiger partial charge in [-0.1, -0.05) is 13.3 Å². The predicted octanol–water partition coefficient (Wildman–Crippen LogP) is 1.22. The van der Waals surface area contributed by atoms with Crippen molar-refractivity contribution in [2.75, 3.05) is 39.4 Å². The van der Waals surface area contributed by atoms with Crippen molar-refractivity contribution in [2.24, 2.45) is 0 Å². The maximum absolute atomic E-state index is 12.6. The smallest absolute Gasteiger partial charge is 0.254 e. The molecule has 0 spiro atoms. The molecule has 3 heterocycles. The number of aryl methyl sites for hydroxylation is 1. The van der Waals surface area contributed by atoms with E-state index >= 15 is 0 Å². The lowest BCUT2D eigenvalue weighted by Gasteiger charge is -2.33. The van der Waals surface area contributed by atoms with Crippen LogP contribution in [0.5, 0.6) is 0 Å². The van der Waals surface area contributed by atoms with E-state index in [2.05, 4.69) is 11.8 Å². The number of hydrogen-bond acceptors (Lipinski definition) is 5. The normalized spacial score (nSPS) is 26.5. The molecule has 0 aromatic carbocycles. The van der Waals surface area contributed by atoms with Crippen LogP contribution < -0.4 is 0 Å². The average Bonchev–Trinajstić information content (AvgIpc) is 3.15. The van der Waals surface area contributed by atoms with Gasteiger partial charge in [-0.15, -0.1) is 11.3 Å². The van der Waals surface area contributed by atoms with Crippen LogP contribution in [0.4, 0.5) is 0 Å². The second-order valence-electron chi connectivity index (χ2n) is 6.04. The summed E-state index contributed by atoms with van der Waals surface area (Å²) in [6.07, 6.45) is 1.66. The third kappa shape index (κ3) is 3.35. The van der Waals surface area contributed by atoms with Crippen LogP contribution in [0.2, 0.25) is 0 Å². The molecule has 2 fully saturated rings. The summed E-state index contributed by atoms with van der Waals surface area (Å²) >= 11 is 1.65. The first-order valence-corrected chi connectivity index (χ1v) is 8.93. The Morgan fingerprint density at radius 3 is 2.91 bits per heavy atom. The number of aliphatic hydroxyl groups excluding tert-OH is 1. The molecule has 2 atom stereocenters. The van der Waals surface area contributed by atoms with Crippen LogP contribution in [-0.4, -0.2) is 72.4 Å². The number of rotatable bonds is 4. The second kappa shape index (κ2) is 7.08. The molecule has 1 N–H and O–H groups in total. The quantitative estimate of drug-likeness (QED) is 0.905. The Bertz CT molecular complexity index is 513. The first kappa shape index (κ1) is 15.9. The first-order valence-electron chi connectivity index (χ1n) is 8.05. The Kier molecular flexibility index (Phi) is 5.13. The Balaban J connectivity index is 1.63. The lowest BCUT2D eigenvalue weighted by Crippen LogP contribution is -2.49. The van der Waals surface area contributed by atoms with E-state index in [4.69, 9.17) is 4.74 Å². The molecule has 1 aromatic rings. The minimum Gasteiger partial charge on any atom is -0.390 e. The Morgan fingerprint density at radius 2 is 2.18 bits per heavy atom. The summed E-state index contributed by atoms with van der Waals surface area (Å²) in [5.41, 5.74) is 0.767. The number of nitrogens with zero attached hydrogens (tertiary/aromatic N) is 2. The van der Waals surface area contributed by atoms with Gasteiger partial charge in [0, 0.05) is 36.4 Å². The highest BCUT2D eigenvalue weighted by molar-refractivity contribution is 7.10. The number of morpholine rings is 1. The van der Waals surface area contributed by atoms with Crippen LogP contribution in [0, 0.1) is 0 Å². The molecule has 2 aliphatic rings. The van der Waals surface area contributed by atoms with E-state index in [9.17, 15) is 9.90 Å². The SMILES string of the molecule is CCCc1cc(C(=O)N2C[C@H](O)[C@@H](N3CCOCC3)C2)cs1. The highest BCUT2D eigenvalue weighted by Crippen LogP contribution is 2.23. The second-order valence-corrected chi connectivity index (χ2v) is 7.04. The Hall–Kier alpha value is -0.950. The molecule has 1 aromatic heterocycles. The lowest BCUT2D eigenvalue weighted by molar-refractivity contribution is -0.00611. The molecule has 0 aliphatic carbocycles. The number of likely N-dealkylation sites (tertiary alicyclic amines) is 1. The van der Waals surface area contributed by atoms with Gasteiger partial charge < -0.3 is 14.7 Å². The maximum atomic E-state index is 12.6. The summed E-state index contributed by atoms with van der Waals surface area (Å²) in [6.45, 7) is 6.28. The van der Waals surface area contributed by atoms with Crippen molar-refractivity contribution in [1.82, 2.24) is 9.80 Å². The zero-order valence-electron chi connectivity index (χ0n) is 13.0. The van der Waals surface area contributed by atoms with Crippen LogP contribution in [0.1, 0.15) is 28.6 Å². The number of hydrogen-bond donors (Lipinski definition) is 1. The Morgan fingerprint density at radius 1 is 1.41 bits per heavy atom. The van der Waals surface area contributed by atoms with Gasteiger partial charge in [-0.05, 0) is 12.5 Å². The Labute approximate surface area is 135 Å². The summed E-state index contributed by atoms with van der Waals surface area (Å²) in [7, 11) is 0. The summed E-state index contributed by atoms with van der Waals surface area (Å²) in [5.74, 6) is 0.0495.